The summed E-state index contributed by atoms with van der Waals surface area (Å²) >= 11 is 0. The highest BCUT2D eigenvalue weighted by Crippen LogP contribution is 2.62. The van der Waals surface area contributed by atoms with Gasteiger partial charge in [0.2, 0.25) is 11.7 Å². The number of anilines is 1. The molecule has 0 radical (unpaired) electrons. The molecule has 12 heteroatoms. The predicted molar refractivity (Wildman–Crippen MR) is 212 cm³/mol. The van der Waals surface area contributed by atoms with E-state index in [9.17, 15) is 33.9 Å². The van der Waals surface area contributed by atoms with Crippen LogP contribution in [0.2, 0.25) is 0 Å². The number of Topliss-reactive ketones (excluding diaryl/α,β-unsaturated/α-hetero) is 2. The lowest BCUT2D eigenvalue weighted by Gasteiger charge is -2.51. The van der Waals surface area contributed by atoms with E-state index in [-0.39, 0.29) is 74.1 Å². The van der Waals surface area contributed by atoms with Crippen LogP contribution in [0, 0.1) is 23.2 Å². The Labute approximate surface area is 333 Å². The molecule has 3 aromatic rings. The van der Waals surface area contributed by atoms with Gasteiger partial charge in [-0.1, -0.05) is 56.2 Å². The maximum Gasteiger partial charge on any atom is 0.306 e. The van der Waals surface area contributed by atoms with Crippen molar-refractivity contribution in [2.24, 2.45) is 28.9 Å². The molecule has 6 atom stereocenters. The number of hydrogen-bond acceptors (Lipinski definition) is 11. The number of nitrogens with zero attached hydrogens (tertiary/aromatic N) is 1. The molecule has 3 aliphatic carbocycles. The summed E-state index contributed by atoms with van der Waals surface area (Å²) in [5.74, 6) is -3.06. The third-order valence-corrected chi connectivity index (χ3v) is 12.6. The second-order valence-electron chi connectivity index (χ2n) is 16.2. The first-order valence-electron chi connectivity index (χ1n) is 20.1. The lowest BCUT2D eigenvalue weighted by atomic mass is 9.52. The number of hydrogen-bond donors (Lipinski definition) is 3. The first-order valence-corrected chi connectivity index (χ1v) is 20.1. The highest BCUT2D eigenvalue weighted by Gasteiger charge is 2.66. The number of aromatic nitrogens is 1. The van der Waals surface area contributed by atoms with Crippen LogP contribution in [0.4, 0.5) is 5.69 Å². The summed E-state index contributed by atoms with van der Waals surface area (Å²) in [6.07, 6.45) is 9.68. The molecule has 1 heterocycles. The predicted octanol–water partition coefficient (Wildman–Crippen LogP) is 6.07. The van der Waals surface area contributed by atoms with Crippen LogP contribution in [0.25, 0.3) is 10.8 Å². The maximum absolute atomic E-state index is 13.5. The first kappa shape index (κ1) is 41.6. The summed E-state index contributed by atoms with van der Waals surface area (Å²) in [4.78, 5) is 81.7. The number of carbonyl (C=O) groups is 6. The normalized spacial score (nSPS) is 25.3. The van der Waals surface area contributed by atoms with Gasteiger partial charge in [0.1, 0.15) is 18.0 Å². The number of ketones is 3. The van der Waals surface area contributed by atoms with Crippen molar-refractivity contribution in [1.29, 1.82) is 0 Å². The molecule has 3 aliphatic rings. The molecule has 0 saturated heterocycles. The van der Waals surface area contributed by atoms with Crippen molar-refractivity contribution in [3.63, 3.8) is 0 Å². The highest BCUT2D eigenvalue weighted by atomic mass is 16.5. The van der Waals surface area contributed by atoms with Gasteiger partial charge < -0.3 is 25.6 Å². The zero-order valence-electron chi connectivity index (χ0n) is 32.8. The van der Waals surface area contributed by atoms with E-state index in [0.29, 0.717) is 36.1 Å². The van der Waals surface area contributed by atoms with Crippen molar-refractivity contribution >= 4 is 51.7 Å². The number of benzene rings is 2. The summed E-state index contributed by atoms with van der Waals surface area (Å²) in [7, 11) is 0. The zero-order valence-corrected chi connectivity index (χ0v) is 32.8. The number of amides is 1. The summed E-state index contributed by atoms with van der Waals surface area (Å²) in [5.41, 5.74) is 6.20. The van der Waals surface area contributed by atoms with Crippen molar-refractivity contribution < 1.29 is 43.3 Å². The zero-order chi connectivity index (χ0) is 40.7. The standard InChI is InChI=1S/C45H53N3O9/c1-3-4-5-34(49)20-29-8-13-35-36(21-29)39(50)23-44(2)38(35)16-18-45(44,55)40(51)27-57-42(53)15-14-41(52)56-26-28-6-9-30(10-7-28)37(24-46)43(54)48-33-12-11-32-25-47-19-17-31(32)22-33/h6-7,9-12,17,19-20,22,25,35-38,55H,3-5,8,13-16,18,21,23-24,26-27,46H2,1-2H3,(H,48,54)/b29-20-/t35-,36-,37-,38+,44+,45+/m1/s1. The van der Waals surface area contributed by atoms with E-state index in [2.05, 4.69) is 10.3 Å². The van der Waals surface area contributed by atoms with E-state index >= 15 is 0 Å². The topological polar surface area (TPSA) is 192 Å². The van der Waals surface area contributed by atoms with Gasteiger partial charge in [-0.3, -0.25) is 33.8 Å². The summed E-state index contributed by atoms with van der Waals surface area (Å²) < 4.78 is 10.6. The number of pyridine rings is 1. The molecular formula is C45H53N3O9. The quantitative estimate of drug-likeness (QED) is 0.113. The van der Waals surface area contributed by atoms with Crippen LogP contribution in [0.5, 0.6) is 0 Å². The van der Waals surface area contributed by atoms with Gasteiger partial charge in [0.15, 0.2) is 12.4 Å². The molecule has 0 unspecified atom stereocenters. The van der Waals surface area contributed by atoms with Gasteiger partial charge in [0.25, 0.3) is 0 Å². The van der Waals surface area contributed by atoms with E-state index in [1.807, 2.05) is 31.2 Å². The number of fused-ring (bicyclic) bond motifs is 4. The van der Waals surface area contributed by atoms with Gasteiger partial charge in [-0.2, -0.15) is 0 Å². The molecule has 57 heavy (non-hydrogen) atoms. The molecular weight excluding hydrogens is 727 g/mol. The fourth-order valence-corrected chi connectivity index (χ4v) is 9.30. The van der Waals surface area contributed by atoms with Crippen LogP contribution in [0.1, 0.15) is 102 Å². The number of aliphatic hydroxyl groups is 1. The number of rotatable bonds is 16. The molecule has 1 amide bonds. The van der Waals surface area contributed by atoms with Crippen molar-refractivity contribution in [2.45, 2.75) is 103 Å². The Morgan fingerprint density at radius 3 is 2.49 bits per heavy atom. The SMILES string of the molecule is CCCCC(=O)/C=C1/CC[C@@H]2[C@@H](C1)C(=O)C[C@@]1(C)[C@H]2CC[C@]1(O)C(=O)COC(=O)CCC(=O)OCc1ccc([C@@H](CN)C(=O)Nc2ccc3cnccc3c2)cc1. The van der Waals surface area contributed by atoms with E-state index in [1.54, 1.807) is 49.7 Å². The molecule has 3 fully saturated rings. The van der Waals surface area contributed by atoms with Crippen LogP contribution >= 0.6 is 0 Å². The van der Waals surface area contributed by atoms with Crippen LogP contribution in [0.15, 0.2) is 72.6 Å². The van der Waals surface area contributed by atoms with Crippen molar-refractivity contribution in [2.75, 3.05) is 18.5 Å². The van der Waals surface area contributed by atoms with Crippen LogP contribution in [0.3, 0.4) is 0 Å². The van der Waals surface area contributed by atoms with Crippen molar-refractivity contribution in [3.05, 3.63) is 83.7 Å². The van der Waals surface area contributed by atoms with Crippen molar-refractivity contribution in [1.82, 2.24) is 4.98 Å². The van der Waals surface area contributed by atoms with E-state index in [0.717, 1.165) is 42.0 Å². The minimum Gasteiger partial charge on any atom is -0.461 e. The molecule has 302 valence electrons. The molecule has 1 aromatic heterocycles. The van der Waals surface area contributed by atoms with Crippen LogP contribution in [-0.4, -0.2) is 64.0 Å². The van der Waals surface area contributed by atoms with Gasteiger partial charge in [-0.25, -0.2) is 0 Å². The monoisotopic (exact) mass is 779 g/mol. The summed E-state index contributed by atoms with van der Waals surface area (Å²) in [6.45, 7) is 3.22. The Kier molecular flexibility index (Phi) is 13.1. The van der Waals surface area contributed by atoms with Crippen LogP contribution in [-0.2, 0) is 44.8 Å². The van der Waals surface area contributed by atoms with E-state index in [1.165, 1.54) is 0 Å². The number of unbranched alkanes of at least 4 members (excludes halogenated alkanes) is 1. The highest BCUT2D eigenvalue weighted by molar-refractivity contribution is 5.98. The van der Waals surface area contributed by atoms with E-state index < -0.39 is 41.3 Å². The largest absolute Gasteiger partial charge is 0.461 e. The minimum absolute atomic E-state index is 0.00308. The molecule has 4 N–H and O–H groups in total. The Morgan fingerprint density at radius 2 is 1.75 bits per heavy atom. The Balaban J connectivity index is 0.935. The molecule has 0 bridgehead atoms. The third kappa shape index (κ3) is 9.23. The third-order valence-electron chi connectivity index (χ3n) is 12.6. The lowest BCUT2D eigenvalue weighted by molar-refractivity contribution is -0.170. The molecule has 0 spiro atoms. The van der Waals surface area contributed by atoms with Gasteiger partial charge in [0, 0.05) is 54.2 Å². The molecule has 2 aromatic carbocycles. The van der Waals surface area contributed by atoms with E-state index in [4.69, 9.17) is 15.2 Å². The minimum atomic E-state index is -1.82. The maximum atomic E-state index is 13.5. The Morgan fingerprint density at radius 1 is 1.00 bits per heavy atom. The second kappa shape index (κ2) is 18.0. The number of nitrogens with two attached hydrogens (primary N) is 1. The average molecular weight is 780 g/mol. The van der Waals surface area contributed by atoms with Gasteiger partial charge in [-0.05, 0) is 91.1 Å². The lowest BCUT2D eigenvalue weighted by Crippen LogP contribution is -2.58. The van der Waals surface area contributed by atoms with Crippen molar-refractivity contribution in [3.8, 4) is 0 Å². The molecule has 12 nitrogen and oxygen atoms in total. The average Bonchev–Trinajstić information content (AvgIpc) is 3.48. The van der Waals surface area contributed by atoms with Crippen LogP contribution < -0.4 is 11.1 Å². The number of allylic oxidation sites excluding steroid dienone is 2. The summed E-state index contributed by atoms with van der Waals surface area (Å²) in [5, 5.41) is 16.6. The first-order chi connectivity index (χ1) is 27.3. The van der Waals surface area contributed by atoms with Gasteiger partial charge >= 0.3 is 11.9 Å². The fraction of sp³-hybridized carbons (Fsp3) is 0.489. The van der Waals surface area contributed by atoms with Gasteiger partial charge in [-0.15, -0.1) is 0 Å². The molecule has 6 rings (SSSR count). The number of nitrogens with one attached hydrogen (secondary N) is 1. The Bertz CT molecular complexity index is 2040. The fourth-order valence-electron chi connectivity index (χ4n) is 9.30. The number of carbonyl (C=O) groups excluding carboxylic acids is 6. The Hall–Kier alpha value is -5.07. The second-order valence-corrected chi connectivity index (χ2v) is 16.2. The smallest absolute Gasteiger partial charge is 0.306 e. The molecule has 0 aliphatic heterocycles. The number of ether oxygens (including phenoxy) is 2. The molecule has 3 saturated carbocycles. The summed E-state index contributed by atoms with van der Waals surface area (Å²) in [6, 6.07) is 14.4. The van der Waals surface area contributed by atoms with Gasteiger partial charge in [0.05, 0.1) is 18.8 Å². The number of esters is 2.